The molecule has 0 radical (unpaired) electrons. The fourth-order valence-electron chi connectivity index (χ4n) is 3.59. The Balaban J connectivity index is 1.60. The molecule has 0 spiro atoms. The number of anilines is 3. The van der Waals surface area contributed by atoms with Crippen LogP contribution in [0.15, 0.2) is 73.1 Å². The number of fused-ring (bicyclic) bond motifs is 6. The van der Waals surface area contributed by atoms with Crippen LogP contribution in [0.4, 0.5) is 17.3 Å². The van der Waals surface area contributed by atoms with Crippen LogP contribution >= 0.6 is 0 Å². The normalized spacial score (nSPS) is 15.0. The van der Waals surface area contributed by atoms with Crippen molar-refractivity contribution >= 4 is 28.2 Å². The Labute approximate surface area is 168 Å². The maximum absolute atomic E-state index is 6.07. The summed E-state index contributed by atoms with van der Waals surface area (Å²) < 4.78 is 8.00. The molecular weight excluding hydrogens is 362 g/mol. The summed E-state index contributed by atoms with van der Waals surface area (Å²) in [5.74, 6) is 0.529. The smallest absolute Gasteiger partial charge is 0.227 e. The number of hydrogen-bond acceptors (Lipinski definition) is 5. The van der Waals surface area contributed by atoms with Crippen LogP contribution in [0.3, 0.4) is 0 Å². The number of rotatable bonds is 0. The van der Waals surface area contributed by atoms with Gasteiger partial charge in [0.05, 0.1) is 18.9 Å². The lowest BCUT2D eigenvalue weighted by molar-refractivity contribution is 0.148. The van der Waals surface area contributed by atoms with Crippen molar-refractivity contribution in [2.75, 3.05) is 17.7 Å². The number of benzene rings is 2. The van der Waals surface area contributed by atoms with Gasteiger partial charge in [0.1, 0.15) is 0 Å². The van der Waals surface area contributed by atoms with E-state index in [1.165, 1.54) is 10.9 Å². The largest absolute Gasteiger partial charge is 0.399 e. The maximum atomic E-state index is 6.07. The Bertz CT molecular complexity index is 1210. The topological polar surface area (TPSA) is 78.0 Å². The molecule has 3 N–H and O–H groups in total. The van der Waals surface area contributed by atoms with E-state index in [2.05, 4.69) is 51.4 Å². The summed E-state index contributed by atoms with van der Waals surface area (Å²) in [4.78, 5) is 9.07. The molecule has 3 heterocycles. The highest BCUT2D eigenvalue weighted by molar-refractivity contribution is 5.85. The Kier molecular flexibility index (Phi) is 4.46. The van der Waals surface area contributed by atoms with Crippen LogP contribution in [0.25, 0.3) is 22.2 Å². The van der Waals surface area contributed by atoms with E-state index in [4.69, 9.17) is 15.5 Å². The van der Waals surface area contributed by atoms with Gasteiger partial charge in [-0.1, -0.05) is 24.3 Å². The van der Waals surface area contributed by atoms with E-state index in [1.807, 2.05) is 30.3 Å². The van der Waals surface area contributed by atoms with Gasteiger partial charge >= 0.3 is 0 Å². The SMILES string of the molecule is Nc1cc2cc(c1)Nc1nccc(n1)-c1ccc3ccn(c3c1)C/C=C/COC2. The van der Waals surface area contributed by atoms with Crippen LogP contribution < -0.4 is 11.1 Å². The van der Waals surface area contributed by atoms with Crippen LogP contribution in [-0.4, -0.2) is 21.1 Å². The molecule has 144 valence electrons. The van der Waals surface area contributed by atoms with E-state index >= 15 is 0 Å². The van der Waals surface area contributed by atoms with Crippen molar-refractivity contribution < 1.29 is 4.74 Å². The van der Waals surface area contributed by atoms with E-state index in [-0.39, 0.29) is 0 Å². The maximum Gasteiger partial charge on any atom is 0.227 e. The quantitative estimate of drug-likeness (QED) is 0.345. The molecule has 1 aliphatic rings. The second-order valence-corrected chi connectivity index (χ2v) is 7.08. The second-order valence-electron chi connectivity index (χ2n) is 7.08. The molecule has 0 atom stereocenters. The first-order valence-electron chi connectivity index (χ1n) is 9.56. The zero-order valence-electron chi connectivity index (χ0n) is 15.9. The first-order chi connectivity index (χ1) is 14.2. The average molecular weight is 383 g/mol. The Morgan fingerprint density at radius 2 is 2.00 bits per heavy atom. The number of allylic oxidation sites excluding steroid dienone is 1. The van der Waals surface area contributed by atoms with Gasteiger partial charge < -0.3 is 20.4 Å². The molecule has 6 bridgehead atoms. The lowest BCUT2D eigenvalue weighted by Crippen LogP contribution is -2.01. The molecule has 0 aliphatic carbocycles. The van der Waals surface area contributed by atoms with Gasteiger partial charge in [-0.05, 0) is 47.3 Å². The van der Waals surface area contributed by atoms with Crippen LogP contribution in [0.5, 0.6) is 0 Å². The number of ether oxygens (including phenoxy) is 1. The predicted molar refractivity (Wildman–Crippen MR) is 116 cm³/mol. The van der Waals surface area contributed by atoms with Crippen LogP contribution in [0.1, 0.15) is 5.56 Å². The summed E-state index contributed by atoms with van der Waals surface area (Å²) in [5.41, 5.74) is 11.7. The fourth-order valence-corrected chi connectivity index (χ4v) is 3.59. The first-order valence-corrected chi connectivity index (χ1v) is 9.56. The van der Waals surface area contributed by atoms with Gasteiger partial charge in [0.25, 0.3) is 0 Å². The van der Waals surface area contributed by atoms with Gasteiger partial charge in [-0.15, -0.1) is 0 Å². The zero-order chi connectivity index (χ0) is 19.6. The minimum absolute atomic E-state index is 0.486. The minimum atomic E-state index is 0.486. The van der Waals surface area contributed by atoms with Gasteiger partial charge in [0.15, 0.2) is 0 Å². The molecule has 0 saturated carbocycles. The van der Waals surface area contributed by atoms with Crippen LogP contribution in [0, 0.1) is 0 Å². The third-order valence-corrected chi connectivity index (χ3v) is 4.95. The molecule has 6 nitrogen and oxygen atoms in total. The molecule has 29 heavy (non-hydrogen) atoms. The summed E-state index contributed by atoms with van der Waals surface area (Å²) >= 11 is 0. The van der Waals surface area contributed by atoms with Crippen molar-refractivity contribution in [3.05, 3.63) is 78.6 Å². The van der Waals surface area contributed by atoms with Gasteiger partial charge in [-0.25, -0.2) is 9.97 Å². The predicted octanol–water partition coefficient (Wildman–Crippen LogP) is 4.51. The van der Waals surface area contributed by atoms with E-state index in [9.17, 15) is 0 Å². The molecule has 2 aromatic carbocycles. The van der Waals surface area contributed by atoms with E-state index in [0.29, 0.717) is 24.8 Å². The Morgan fingerprint density at radius 3 is 2.97 bits per heavy atom. The molecule has 5 rings (SSSR count). The number of nitrogen functional groups attached to an aromatic ring is 1. The molecule has 6 heteroatoms. The highest BCUT2D eigenvalue weighted by atomic mass is 16.5. The van der Waals surface area contributed by atoms with E-state index < -0.39 is 0 Å². The highest BCUT2D eigenvalue weighted by Crippen LogP contribution is 2.26. The van der Waals surface area contributed by atoms with E-state index in [1.54, 1.807) is 6.20 Å². The summed E-state index contributed by atoms with van der Waals surface area (Å²) in [6.45, 7) is 1.82. The van der Waals surface area contributed by atoms with Gasteiger partial charge in [-0.2, -0.15) is 0 Å². The highest BCUT2D eigenvalue weighted by Gasteiger charge is 2.08. The van der Waals surface area contributed by atoms with Crippen molar-refractivity contribution in [1.29, 1.82) is 0 Å². The lowest BCUT2D eigenvalue weighted by atomic mass is 10.1. The van der Waals surface area contributed by atoms with Gasteiger partial charge in [-0.3, -0.25) is 0 Å². The monoisotopic (exact) mass is 383 g/mol. The van der Waals surface area contributed by atoms with Crippen molar-refractivity contribution in [3.8, 4) is 11.3 Å². The third-order valence-electron chi connectivity index (χ3n) is 4.95. The molecule has 0 amide bonds. The van der Waals surface area contributed by atoms with Crippen LogP contribution in [-0.2, 0) is 17.9 Å². The number of nitrogens with one attached hydrogen (secondary N) is 1. The molecule has 0 fully saturated rings. The van der Waals surface area contributed by atoms with Crippen molar-refractivity contribution in [1.82, 2.24) is 14.5 Å². The summed E-state index contributed by atoms with van der Waals surface area (Å²) in [6, 6.07) is 16.2. The standard InChI is InChI=1S/C23H21N5O/c24-19-11-16-12-20(14-19)26-23-25-7-5-21(27-23)18-4-3-17-6-9-28(22(17)13-18)8-1-2-10-29-15-16/h1-7,9,11-14H,8,10,15,24H2,(H,25,26,27)/b2-1+. The zero-order valence-corrected chi connectivity index (χ0v) is 15.9. The Morgan fingerprint density at radius 1 is 1.03 bits per heavy atom. The molecule has 0 saturated heterocycles. The van der Waals surface area contributed by atoms with Crippen molar-refractivity contribution in [3.63, 3.8) is 0 Å². The molecule has 1 aliphatic heterocycles. The van der Waals surface area contributed by atoms with Crippen LogP contribution in [0.2, 0.25) is 0 Å². The number of hydrogen-bond donors (Lipinski definition) is 2. The summed E-state index contributed by atoms with van der Waals surface area (Å²) in [5, 5.41) is 4.47. The molecule has 2 aromatic heterocycles. The summed E-state index contributed by atoms with van der Waals surface area (Å²) in [6.07, 6.45) is 8.04. The first kappa shape index (κ1) is 17.5. The third kappa shape index (κ3) is 3.70. The molecular formula is C23H21N5O. The summed E-state index contributed by atoms with van der Waals surface area (Å²) in [7, 11) is 0. The van der Waals surface area contributed by atoms with Crippen molar-refractivity contribution in [2.45, 2.75) is 13.2 Å². The second kappa shape index (κ2) is 7.41. The van der Waals surface area contributed by atoms with Gasteiger partial charge in [0.2, 0.25) is 5.95 Å². The fraction of sp³-hybridized carbons (Fsp3) is 0.130. The van der Waals surface area contributed by atoms with Crippen molar-refractivity contribution in [2.24, 2.45) is 0 Å². The lowest BCUT2D eigenvalue weighted by Gasteiger charge is -2.10. The molecule has 4 aromatic rings. The Hall–Kier alpha value is -3.64. The number of aromatic nitrogens is 3. The van der Waals surface area contributed by atoms with E-state index in [0.717, 1.165) is 29.1 Å². The average Bonchev–Trinajstić information content (AvgIpc) is 3.12. The minimum Gasteiger partial charge on any atom is -0.399 e. The molecule has 0 unspecified atom stereocenters. The number of nitrogens with zero attached hydrogens (tertiary/aromatic N) is 3. The van der Waals surface area contributed by atoms with Gasteiger partial charge in [0, 0.05) is 41.4 Å². The number of nitrogens with two attached hydrogens (primary N) is 1.